The van der Waals surface area contributed by atoms with E-state index in [0.29, 0.717) is 23.6 Å². The Hall–Kier alpha value is -3.64. The van der Waals surface area contributed by atoms with Crippen molar-refractivity contribution in [3.05, 3.63) is 94.3 Å². The molecule has 2 amide bonds. The van der Waals surface area contributed by atoms with E-state index in [4.69, 9.17) is 11.6 Å². The summed E-state index contributed by atoms with van der Waals surface area (Å²) >= 11 is 6.00. The van der Waals surface area contributed by atoms with Crippen LogP contribution in [-0.4, -0.2) is 21.8 Å². The molecule has 0 spiro atoms. The van der Waals surface area contributed by atoms with Crippen molar-refractivity contribution in [2.24, 2.45) is 0 Å². The summed E-state index contributed by atoms with van der Waals surface area (Å²) in [6.45, 7) is 2.24. The number of aromatic nitrogens is 2. The number of H-pyrrole nitrogens is 1. The molecule has 0 aliphatic carbocycles. The Morgan fingerprint density at radius 2 is 1.79 bits per heavy atom. The molecule has 33 heavy (non-hydrogen) atoms. The molecule has 4 rings (SSSR count). The van der Waals surface area contributed by atoms with Crippen molar-refractivity contribution in [1.82, 2.24) is 15.3 Å². The Labute approximate surface area is 197 Å². The highest BCUT2D eigenvalue weighted by Gasteiger charge is 2.10. The topological polar surface area (TPSA) is 86.9 Å². The minimum atomic E-state index is -0.150. The maximum absolute atomic E-state index is 12.6. The maximum Gasteiger partial charge on any atom is 0.251 e. The van der Waals surface area contributed by atoms with Crippen LogP contribution in [0.4, 0.5) is 5.69 Å². The van der Waals surface area contributed by atoms with Crippen LogP contribution < -0.4 is 10.6 Å². The molecule has 0 aliphatic heterocycles. The van der Waals surface area contributed by atoms with E-state index in [1.165, 1.54) is 0 Å². The van der Waals surface area contributed by atoms with Crippen molar-refractivity contribution < 1.29 is 9.59 Å². The van der Waals surface area contributed by atoms with E-state index in [9.17, 15) is 9.59 Å². The summed E-state index contributed by atoms with van der Waals surface area (Å²) in [7, 11) is 0. The average Bonchev–Trinajstić information content (AvgIpc) is 3.24. The highest BCUT2D eigenvalue weighted by atomic mass is 35.5. The molecule has 0 fully saturated rings. The second-order valence-electron chi connectivity index (χ2n) is 7.83. The lowest BCUT2D eigenvalue weighted by Gasteiger charge is -2.06. The Morgan fingerprint density at radius 3 is 2.55 bits per heavy atom. The third kappa shape index (κ3) is 5.99. The van der Waals surface area contributed by atoms with Gasteiger partial charge in [0.1, 0.15) is 5.82 Å². The zero-order valence-electron chi connectivity index (χ0n) is 18.3. The molecule has 3 N–H and O–H groups in total. The molecule has 7 heteroatoms. The maximum atomic E-state index is 12.6. The summed E-state index contributed by atoms with van der Waals surface area (Å²) in [5.41, 5.74) is 5.14. The molecule has 168 valence electrons. The second kappa shape index (κ2) is 10.3. The number of fused-ring (bicyclic) bond motifs is 1. The van der Waals surface area contributed by atoms with Crippen LogP contribution in [0.2, 0.25) is 5.02 Å². The summed E-state index contributed by atoms with van der Waals surface area (Å²) in [4.78, 5) is 32.0. The normalized spacial score (nSPS) is 10.8. The van der Waals surface area contributed by atoms with Gasteiger partial charge in [-0.05, 0) is 60.0 Å². The highest BCUT2D eigenvalue weighted by molar-refractivity contribution is 6.30. The molecule has 0 bridgehead atoms. The number of anilines is 1. The van der Waals surface area contributed by atoms with Gasteiger partial charge in [0, 0.05) is 35.7 Å². The van der Waals surface area contributed by atoms with Crippen LogP contribution in [0.15, 0.2) is 66.7 Å². The zero-order chi connectivity index (χ0) is 23.2. The van der Waals surface area contributed by atoms with Gasteiger partial charge in [-0.15, -0.1) is 0 Å². The molecule has 0 aliphatic rings. The number of carbonyl (C=O) groups is 2. The lowest BCUT2D eigenvalue weighted by Crippen LogP contribution is -2.22. The Morgan fingerprint density at radius 1 is 0.970 bits per heavy atom. The van der Waals surface area contributed by atoms with Gasteiger partial charge in [0.05, 0.1) is 11.0 Å². The molecular formula is C26H25ClN4O2. The van der Waals surface area contributed by atoms with Gasteiger partial charge < -0.3 is 15.6 Å². The van der Waals surface area contributed by atoms with E-state index in [-0.39, 0.29) is 11.8 Å². The summed E-state index contributed by atoms with van der Waals surface area (Å²) in [6.07, 6.45) is 2.01. The molecule has 0 radical (unpaired) electrons. The molecular weight excluding hydrogens is 436 g/mol. The number of rotatable bonds is 8. The van der Waals surface area contributed by atoms with Gasteiger partial charge in [-0.2, -0.15) is 0 Å². The number of nitrogens with zero attached hydrogens (tertiary/aromatic N) is 1. The number of hydrogen-bond donors (Lipinski definition) is 3. The average molecular weight is 461 g/mol. The van der Waals surface area contributed by atoms with E-state index < -0.39 is 0 Å². The zero-order valence-corrected chi connectivity index (χ0v) is 19.1. The summed E-state index contributed by atoms with van der Waals surface area (Å²) in [5, 5.41) is 6.42. The lowest BCUT2D eigenvalue weighted by molar-refractivity contribution is -0.115. The molecule has 0 atom stereocenters. The van der Waals surface area contributed by atoms with Crippen LogP contribution in [-0.2, 0) is 24.2 Å². The highest BCUT2D eigenvalue weighted by Crippen LogP contribution is 2.17. The second-order valence-corrected chi connectivity index (χ2v) is 8.26. The number of nitrogens with one attached hydrogen (secondary N) is 3. The Kier molecular flexibility index (Phi) is 7.05. The van der Waals surface area contributed by atoms with Gasteiger partial charge in [0.25, 0.3) is 5.91 Å². The van der Waals surface area contributed by atoms with Crippen molar-refractivity contribution in [2.45, 2.75) is 32.7 Å². The van der Waals surface area contributed by atoms with Crippen molar-refractivity contribution >= 4 is 40.1 Å². The van der Waals surface area contributed by atoms with Crippen LogP contribution in [0, 0.1) is 0 Å². The summed E-state index contributed by atoms with van der Waals surface area (Å²) in [5.74, 6) is 0.718. The molecule has 6 nitrogen and oxygen atoms in total. The van der Waals surface area contributed by atoms with Crippen LogP contribution in [0.5, 0.6) is 0 Å². The number of benzene rings is 3. The first kappa shape index (κ1) is 22.6. The first-order chi connectivity index (χ1) is 16.0. The Balaban J connectivity index is 1.36. The largest absolute Gasteiger partial charge is 0.348 e. The number of halogens is 1. The number of aromatic amines is 1. The molecule has 4 aromatic rings. The minimum absolute atomic E-state index is 0.00235. The van der Waals surface area contributed by atoms with E-state index >= 15 is 0 Å². The molecule has 0 saturated carbocycles. The fourth-order valence-electron chi connectivity index (χ4n) is 3.52. The van der Waals surface area contributed by atoms with Crippen molar-refractivity contribution in [2.75, 3.05) is 5.32 Å². The van der Waals surface area contributed by atoms with Gasteiger partial charge in [-0.1, -0.05) is 42.8 Å². The fraction of sp³-hybridized carbons (Fsp3) is 0.192. The van der Waals surface area contributed by atoms with E-state index in [1.807, 2.05) is 61.5 Å². The predicted molar refractivity (Wildman–Crippen MR) is 131 cm³/mol. The molecule has 0 saturated heterocycles. The SMILES string of the molecule is CCC(=O)Nc1ccc(CCc2nc3ccc(C(=O)NCc4cccc(Cl)c4)cc3[nH]2)cc1. The monoisotopic (exact) mass is 460 g/mol. The van der Waals surface area contributed by atoms with E-state index in [2.05, 4.69) is 20.6 Å². The van der Waals surface area contributed by atoms with Gasteiger partial charge in [0.15, 0.2) is 0 Å². The van der Waals surface area contributed by atoms with Crippen LogP contribution in [0.3, 0.4) is 0 Å². The van der Waals surface area contributed by atoms with Crippen molar-refractivity contribution in [1.29, 1.82) is 0 Å². The minimum Gasteiger partial charge on any atom is -0.348 e. The number of carbonyl (C=O) groups excluding carboxylic acids is 2. The smallest absolute Gasteiger partial charge is 0.251 e. The van der Waals surface area contributed by atoms with Gasteiger partial charge >= 0.3 is 0 Å². The van der Waals surface area contributed by atoms with Crippen LogP contribution in [0.1, 0.15) is 40.7 Å². The Bertz CT molecular complexity index is 1280. The quantitative estimate of drug-likeness (QED) is 0.334. The number of aryl methyl sites for hydroxylation is 2. The summed E-state index contributed by atoms with van der Waals surface area (Å²) < 4.78 is 0. The van der Waals surface area contributed by atoms with Crippen molar-refractivity contribution in [3.8, 4) is 0 Å². The van der Waals surface area contributed by atoms with E-state index in [0.717, 1.165) is 46.5 Å². The summed E-state index contributed by atoms with van der Waals surface area (Å²) in [6, 6.07) is 20.7. The first-order valence-electron chi connectivity index (χ1n) is 10.9. The van der Waals surface area contributed by atoms with Gasteiger partial charge in [0.2, 0.25) is 5.91 Å². The predicted octanol–water partition coefficient (Wildman–Crippen LogP) is 5.28. The third-order valence-electron chi connectivity index (χ3n) is 5.34. The van der Waals surface area contributed by atoms with Gasteiger partial charge in [-0.3, -0.25) is 9.59 Å². The van der Waals surface area contributed by atoms with Gasteiger partial charge in [-0.25, -0.2) is 4.98 Å². The molecule has 1 heterocycles. The standard InChI is InChI=1S/C26H25ClN4O2/c1-2-25(32)29-21-10-6-17(7-11-21)8-13-24-30-22-12-9-19(15-23(22)31-24)26(33)28-16-18-4-3-5-20(27)14-18/h3-7,9-12,14-15H,2,8,13,16H2,1H3,(H,28,33)(H,29,32)(H,30,31). The molecule has 3 aromatic carbocycles. The van der Waals surface area contributed by atoms with Crippen LogP contribution >= 0.6 is 11.6 Å². The molecule has 1 aromatic heterocycles. The molecule has 0 unspecified atom stereocenters. The van der Waals surface area contributed by atoms with Crippen molar-refractivity contribution in [3.63, 3.8) is 0 Å². The number of hydrogen-bond acceptors (Lipinski definition) is 3. The number of amides is 2. The third-order valence-corrected chi connectivity index (χ3v) is 5.58. The van der Waals surface area contributed by atoms with E-state index in [1.54, 1.807) is 12.1 Å². The fourth-order valence-corrected chi connectivity index (χ4v) is 3.73. The van der Waals surface area contributed by atoms with Crippen LogP contribution in [0.25, 0.3) is 11.0 Å². The first-order valence-corrected chi connectivity index (χ1v) is 11.3. The number of imidazole rings is 1. The lowest BCUT2D eigenvalue weighted by atomic mass is 10.1.